The van der Waals surface area contributed by atoms with E-state index in [0.717, 1.165) is 38.3 Å². The van der Waals surface area contributed by atoms with Gasteiger partial charge in [0, 0.05) is 56.1 Å². The van der Waals surface area contributed by atoms with Crippen LogP contribution in [-0.4, -0.2) is 31.2 Å². The highest BCUT2D eigenvalue weighted by molar-refractivity contribution is 5.27. The van der Waals surface area contributed by atoms with Crippen LogP contribution < -0.4 is 5.73 Å². The minimum atomic E-state index is 0.372. The molecule has 0 aliphatic carbocycles. The van der Waals surface area contributed by atoms with Gasteiger partial charge in [-0.2, -0.15) is 5.10 Å². The maximum Gasteiger partial charge on any atom is 0.220 e. The van der Waals surface area contributed by atoms with Crippen molar-refractivity contribution in [3.8, 4) is 0 Å². The van der Waals surface area contributed by atoms with Crippen LogP contribution >= 0.6 is 0 Å². The third-order valence-electron chi connectivity index (χ3n) is 3.45. The second-order valence-corrected chi connectivity index (χ2v) is 4.87. The van der Waals surface area contributed by atoms with Crippen molar-refractivity contribution < 1.29 is 0 Å². The zero-order valence-corrected chi connectivity index (χ0v) is 11.1. The van der Waals surface area contributed by atoms with Gasteiger partial charge in [-0.15, -0.1) is 0 Å². The lowest BCUT2D eigenvalue weighted by Gasteiger charge is -2.27. The summed E-state index contributed by atoms with van der Waals surface area (Å²) in [6, 6.07) is 0. The number of aromatic nitrogens is 4. The van der Waals surface area contributed by atoms with E-state index < -0.39 is 0 Å². The summed E-state index contributed by atoms with van der Waals surface area (Å²) in [6.07, 6.45) is 6.83. The summed E-state index contributed by atoms with van der Waals surface area (Å²) in [4.78, 5) is 10.8. The van der Waals surface area contributed by atoms with Crippen molar-refractivity contribution in [2.75, 3.05) is 12.3 Å². The highest BCUT2D eigenvalue weighted by Crippen LogP contribution is 2.18. The molecule has 0 unspecified atom stereocenters. The molecule has 0 atom stereocenters. The number of nitrogens with two attached hydrogens (primary N) is 1. The predicted molar refractivity (Wildman–Crippen MR) is 72.2 cm³/mol. The van der Waals surface area contributed by atoms with Gasteiger partial charge in [0.2, 0.25) is 5.95 Å². The molecule has 6 nitrogen and oxygen atoms in total. The van der Waals surface area contributed by atoms with Gasteiger partial charge in [0.25, 0.3) is 0 Å². The second-order valence-electron chi connectivity index (χ2n) is 4.87. The fourth-order valence-corrected chi connectivity index (χ4v) is 2.44. The van der Waals surface area contributed by atoms with Gasteiger partial charge in [-0.05, 0) is 6.92 Å². The largest absolute Gasteiger partial charge is 0.368 e. The maximum atomic E-state index is 5.61. The Morgan fingerprint density at radius 1 is 1.37 bits per heavy atom. The van der Waals surface area contributed by atoms with Crippen LogP contribution in [0.5, 0.6) is 0 Å². The van der Waals surface area contributed by atoms with Gasteiger partial charge in [-0.3, -0.25) is 9.58 Å². The molecule has 0 bridgehead atoms. The van der Waals surface area contributed by atoms with Crippen molar-refractivity contribution in [2.24, 2.45) is 0 Å². The Bertz CT molecular complexity index is 576. The molecule has 2 N–H and O–H groups in total. The highest BCUT2D eigenvalue weighted by Gasteiger charge is 2.18. The molecule has 0 fully saturated rings. The van der Waals surface area contributed by atoms with Crippen LogP contribution in [0.25, 0.3) is 0 Å². The fraction of sp³-hybridized carbons (Fsp3) is 0.462. The summed E-state index contributed by atoms with van der Waals surface area (Å²) < 4.78 is 1.96. The molecule has 3 rings (SSSR count). The lowest BCUT2D eigenvalue weighted by Crippen LogP contribution is -2.30. The highest BCUT2D eigenvalue weighted by atomic mass is 15.3. The Balaban J connectivity index is 1.70. The average molecular weight is 258 g/mol. The monoisotopic (exact) mass is 258 g/mol. The molecule has 1 aliphatic rings. The maximum absolute atomic E-state index is 5.61. The molecule has 6 heteroatoms. The molecule has 2 aromatic heterocycles. The third-order valence-corrected chi connectivity index (χ3v) is 3.45. The summed E-state index contributed by atoms with van der Waals surface area (Å²) in [5.41, 5.74) is 9.14. The Hall–Kier alpha value is -1.95. The summed E-state index contributed by atoms with van der Waals surface area (Å²) in [5.74, 6) is 0.372. The number of anilines is 1. The third kappa shape index (κ3) is 2.58. The van der Waals surface area contributed by atoms with Gasteiger partial charge in [-0.25, -0.2) is 9.97 Å². The SMILES string of the molecule is CCn1cc(CN2CCc3nc(N)ncc3C2)cn1. The van der Waals surface area contributed by atoms with E-state index in [1.54, 1.807) is 0 Å². The molecule has 0 aromatic carbocycles. The van der Waals surface area contributed by atoms with Crippen molar-refractivity contribution in [2.45, 2.75) is 33.0 Å². The van der Waals surface area contributed by atoms with E-state index in [4.69, 9.17) is 5.73 Å². The van der Waals surface area contributed by atoms with Gasteiger partial charge in [-0.1, -0.05) is 0 Å². The summed E-state index contributed by atoms with van der Waals surface area (Å²) in [6.45, 7) is 5.81. The predicted octanol–water partition coefficient (Wildman–Crippen LogP) is 0.833. The second kappa shape index (κ2) is 4.97. The molecule has 0 saturated heterocycles. The number of nitrogens with zero attached hydrogens (tertiary/aromatic N) is 5. The van der Waals surface area contributed by atoms with Crippen LogP contribution in [0.3, 0.4) is 0 Å². The lowest BCUT2D eigenvalue weighted by atomic mass is 10.1. The summed E-state index contributed by atoms with van der Waals surface area (Å²) in [5, 5.41) is 4.30. The smallest absolute Gasteiger partial charge is 0.220 e. The fourth-order valence-electron chi connectivity index (χ4n) is 2.44. The van der Waals surface area contributed by atoms with E-state index >= 15 is 0 Å². The Morgan fingerprint density at radius 2 is 2.26 bits per heavy atom. The molecule has 0 radical (unpaired) electrons. The quantitative estimate of drug-likeness (QED) is 0.883. The first-order valence-electron chi connectivity index (χ1n) is 6.58. The minimum Gasteiger partial charge on any atom is -0.368 e. The summed E-state index contributed by atoms with van der Waals surface area (Å²) >= 11 is 0. The van der Waals surface area contributed by atoms with E-state index in [1.807, 2.05) is 17.1 Å². The molecule has 3 heterocycles. The number of hydrogen-bond acceptors (Lipinski definition) is 5. The first-order valence-corrected chi connectivity index (χ1v) is 6.58. The topological polar surface area (TPSA) is 72.9 Å². The molecule has 2 aromatic rings. The first-order chi connectivity index (χ1) is 9.24. The molecule has 19 heavy (non-hydrogen) atoms. The molecule has 0 spiro atoms. The molecule has 1 aliphatic heterocycles. The van der Waals surface area contributed by atoms with E-state index in [2.05, 4.69) is 33.1 Å². The number of hydrogen-bond donors (Lipinski definition) is 1. The zero-order chi connectivity index (χ0) is 13.2. The van der Waals surface area contributed by atoms with E-state index in [-0.39, 0.29) is 0 Å². The van der Waals surface area contributed by atoms with Crippen LogP contribution in [0.15, 0.2) is 18.6 Å². The number of nitrogen functional groups attached to an aromatic ring is 1. The van der Waals surface area contributed by atoms with Gasteiger partial charge in [0.15, 0.2) is 0 Å². The standard InChI is InChI=1S/C13H18N6/c1-2-19-8-10(5-16-19)7-18-4-3-12-11(9-18)6-15-13(14)17-12/h5-6,8H,2-4,7,9H2,1H3,(H2,14,15,17). The molecular formula is C13H18N6. The first kappa shape index (κ1) is 12.1. The van der Waals surface area contributed by atoms with Gasteiger partial charge >= 0.3 is 0 Å². The Labute approximate surface area is 112 Å². The van der Waals surface area contributed by atoms with Crippen molar-refractivity contribution in [3.63, 3.8) is 0 Å². The number of aryl methyl sites for hydroxylation is 1. The Kier molecular flexibility index (Phi) is 3.16. The number of fused-ring (bicyclic) bond motifs is 1. The van der Waals surface area contributed by atoms with E-state index in [0.29, 0.717) is 5.95 Å². The molecule has 0 amide bonds. The van der Waals surface area contributed by atoms with Crippen LogP contribution in [-0.2, 0) is 26.1 Å². The van der Waals surface area contributed by atoms with Crippen molar-refractivity contribution >= 4 is 5.95 Å². The van der Waals surface area contributed by atoms with Gasteiger partial charge < -0.3 is 5.73 Å². The van der Waals surface area contributed by atoms with Crippen LogP contribution in [0.4, 0.5) is 5.95 Å². The summed E-state index contributed by atoms with van der Waals surface area (Å²) in [7, 11) is 0. The van der Waals surface area contributed by atoms with Gasteiger partial charge in [0.05, 0.1) is 11.9 Å². The molecular weight excluding hydrogens is 240 g/mol. The van der Waals surface area contributed by atoms with Crippen molar-refractivity contribution in [1.29, 1.82) is 0 Å². The van der Waals surface area contributed by atoms with Crippen LogP contribution in [0.2, 0.25) is 0 Å². The molecule has 100 valence electrons. The Morgan fingerprint density at radius 3 is 3.05 bits per heavy atom. The average Bonchev–Trinajstić information content (AvgIpc) is 2.86. The van der Waals surface area contributed by atoms with E-state index in [9.17, 15) is 0 Å². The number of rotatable bonds is 3. The van der Waals surface area contributed by atoms with E-state index in [1.165, 1.54) is 11.1 Å². The molecule has 0 saturated carbocycles. The normalized spacial score (nSPS) is 15.4. The van der Waals surface area contributed by atoms with Crippen molar-refractivity contribution in [3.05, 3.63) is 35.4 Å². The minimum absolute atomic E-state index is 0.372. The van der Waals surface area contributed by atoms with Gasteiger partial charge in [0.1, 0.15) is 0 Å². The lowest BCUT2D eigenvalue weighted by molar-refractivity contribution is 0.243. The van der Waals surface area contributed by atoms with Crippen molar-refractivity contribution in [1.82, 2.24) is 24.6 Å². The van der Waals surface area contributed by atoms with Crippen LogP contribution in [0, 0.1) is 0 Å². The zero-order valence-electron chi connectivity index (χ0n) is 11.1. The van der Waals surface area contributed by atoms with Crippen LogP contribution in [0.1, 0.15) is 23.7 Å².